The van der Waals surface area contributed by atoms with Gasteiger partial charge in [-0.1, -0.05) is 45.9 Å². The van der Waals surface area contributed by atoms with Gasteiger partial charge in [0.15, 0.2) is 0 Å². The van der Waals surface area contributed by atoms with Crippen molar-refractivity contribution < 1.29 is 28.3 Å². The lowest BCUT2D eigenvalue weighted by atomic mass is 9.85. The van der Waals surface area contributed by atoms with Crippen LogP contribution in [0.5, 0.6) is 0 Å². The molecule has 0 bridgehead atoms. The number of alkyl carbamates (subject to hydrolysis) is 1. The normalized spacial score (nSPS) is 16.8. The summed E-state index contributed by atoms with van der Waals surface area (Å²) in [5, 5.41) is 14.6. The molecule has 1 aromatic carbocycles. The molecule has 0 radical (unpaired) electrons. The summed E-state index contributed by atoms with van der Waals surface area (Å²) in [6.45, 7) is 11.4. The second-order valence-corrected chi connectivity index (χ2v) is 12.1. The molecule has 1 saturated heterocycles. The second kappa shape index (κ2) is 12.9. The Hall–Kier alpha value is -4.35. The molecule has 3 atom stereocenters. The van der Waals surface area contributed by atoms with Crippen LogP contribution < -0.4 is 10.6 Å². The SMILES string of the molecule is COC(=O)N[C@H](C(=O)N1CCC[C@H]1C(=O)N[C@H](C(=O)c1nnc(C(C)(C)c2cnc3ccccc3c2)o1)C(C)C)C(C)C. The molecule has 0 saturated carbocycles. The number of Topliss-reactive ketones (excluding diaryl/α,β-unsaturated/α-hetero) is 1. The number of para-hydroxylation sites is 1. The van der Waals surface area contributed by atoms with Crippen LogP contribution >= 0.6 is 0 Å². The van der Waals surface area contributed by atoms with E-state index in [1.54, 1.807) is 33.9 Å². The number of methoxy groups -OCH3 is 1. The summed E-state index contributed by atoms with van der Waals surface area (Å²) in [5.74, 6) is -1.86. The van der Waals surface area contributed by atoms with Gasteiger partial charge in [0.05, 0.1) is 24.1 Å². The molecule has 0 unspecified atom stereocenters. The van der Waals surface area contributed by atoms with Crippen molar-refractivity contribution in [2.24, 2.45) is 11.8 Å². The zero-order valence-corrected chi connectivity index (χ0v) is 25.7. The van der Waals surface area contributed by atoms with Crippen LogP contribution in [-0.4, -0.2) is 75.6 Å². The van der Waals surface area contributed by atoms with Crippen molar-refractivity contribution >= 4 is 34.6 Å². The molecule has 3 heterocycles. The van der Waals surface area contributed by atoms with Gasteiger partial charge in [0.25, 0.3) is 5.89 Å². The summed E-state index contributed by atoms with van der Waals surface area (Å²) in [6, 6.07) is 7.15. The molecule has 2 aromatic heterocycles. The van der Waals surface area contributed by atoms with Crippen molar-refractivity contribution in [3.05, 3.63) is 53.9 Å². The number of rotatable bonds is 10. The van der Waals surface area contributed by atoms with Crippen molar-refractivity contribution in [2.45, 2.75) is 77.9 Å². The highest BCUT2D eigenvalue weighted by molar-refractivity contribution is 6.00. The summed E-state index contributed by atoms with van der Waals surface area (Å²) in [7, 11) is 1.22. The number of pyridine rings is 1. The summed E-state index contributed by atoms with van der Waals surface area (Å²) >= 11 is 0. The first-order valence-corrected chi connectivity index (χ1v) is 14.5. The van der Waals surface area contributed by atoms with Crippen molar-refractivity contribution in [3.8, 4) is 0 Å². The quantitative estimate of drug-likeness (QED) is 0.336. The van der Waals surface area contributed by atoms with Crippen molar-refractivity contribution in [1.82, 2.24) is 30.7 Å². The molecule has 4 rings (SSSR count). The molecule has 1 aliphatic heterocycles. The molecule has 3 aromatic rings. The first-order chi connectivity index (χ1) is 20.3. The summed E-state index contributed by atoms with van der Waals surface area (Å²) < 4.78 is 10.6. The third-order valence-electron chi connectivity index (χ3n) is 7.96. The van der Waals surface area contributed by atoms with E-state index >= 15 is 0 Å². The van der Waals surface area contributed by atoms with Crippen LogP contribution in [0.25, 0.3) is 10.9 Å². The minimum atomic E-state index is -0.960. The van der Waals surface area contributed by atoms with E-state index < -0.39 is 41.3 Å². The number of ether oxygens (including phenoxy) is 1. The van der Waals surface area contributed by atoms with Gasteiger partial charge in [-0.2, -0.15) is 0 Å². The molecule has 0 aliphatic carbocycles. The monoisotopic (exact) mass is 592 g/mol. The number of nitrogens with one attached hydrogen (secondary N) is 2. The third-order valence-corrected chi connectivity index (χ3v) is 7.96. The van der Waals surface area contributed by atoms with E-state index in [1.807, 2.05) is 44.2 Å². The van der Waals surface area contributed by atoms with Gasteiger partial charge in [-0.05, 0) is 56.2 Å². The Balaban J connectivity index is 1.50. The lowest BCUT2D eigenvalue weighted by Gasteiger charge is -2.31. The molecule has 2 N–H and O–H groups in total. The Bertz CT molecular complexity index is 1500. The summed E-state index contributed by atoms with van der Waals surface area (Å²) in [4.78, 5) is 58.3. The molecule has 3 amide bonds. The minimum Gasteiger partial charge on any atom is -0.453 e. The summed E-state index contributed by atoms with van der Waals surface area (Å²) in [6.07, 6.45) is 2.07. The zero-order valence-electron chi connectivity index (χ0n) is 25.7. The highest BCUT2D eigenvalue weighted by atomic mass is 16.5. The van der Waals surface area contributed by atoms with E-state index in [1.165, 1.54) is 12.0 Å². The zero-order chi connectivity index (χ0) is 31.5. The van der Waals surface area contributed by atoms with E-state index in [-0.39, 0.29) is 29.5 Å². The molecule has 0 spiro atoms. The largest absolute Gasteiger partial charge is 0.453 e. The van der Waals surface area contributed by atoms with Crippen LogP contribution in [0.1, 0.15) is 76.5 Å². The van der Waals surface area contributed by atoms with Crippen molar-refractivity contribution in [3.63, 3.8) is 0 Å². The lowest BCUT2D eigenvalue weighted by Crippen LogP contribution is -2.57. The standard InChI is InChI=1S/C31H40N6O6/c1-17(2)23(33-26(39)22-13-10-14-37(22)28(40)24(18(3)4)34-30(41)42-7)25(38)27-35-36-29(43-27)31(5,6)20-15-19-11-8-9-12-21(19)32-16-20/h8-9,11-12,15-18,22-24H,10,13-14H2,1-7H3,(H,33,39)(H,34,41)/t22-,23-,24-/m0/s1. The van der Waals surface area contributed by atoms with Gasteiger partial charge in [-0.15, -0.1) is 10.2 Å². The average molecular weight is 593 g/mol. The Labute approximate surface area is 251 Å². The molecule has 1 aliphatic rings. The van der Waals surface area contributed by atoms with Crippen LogP contribution in [0, 0.1) is 11.8 Å². The van der Waals surface area contributed by atoms with Crippen molar-refractivity contribution in [1.29, 1.82) is 0 Å². The number of likely N-dealkylation sites (tertiary alicyclic amines) is 1. The number of carbonyl (C=O) groups is 4. The number of fused-ring (bicyclic) bond motifs is 1. The van der Waals surface area contributed by atoms with Crippen LogP contribution in [0.15, 0.2) is 40.9 Å². The fourth-order valence-corrected chi connectivity index (χ4v) is 5.21. The first kappa shape index (κ1) is 31.6. The van der Waals surface area contributed by atoms with E-state index in [0.29, 0.717) is 19.4 Å². The van der Waals surface area contributed by atoms with Gasteiger partial charge < -0.3 is 24.7 Å². The van der Waals surface area contributed by atoms with Gasteiger partial charge in [0.1, 0.15) is 12.1 Å². The lowest BCUT2D eigenvalue weighted by molar-refractivity contribution is -0.141. The number of benzene rings is 1. The maximum atomic E-state index is 13.6. The maximum absolute atomic E-state index is 13.6. The fraction of sp³-hybridized carbons (Fsp3) is 0.516. The minimum absolute atomic E-state index is 0.211. The van der Waals surface area contributed by atoms with E-state index in [9.17, 15) is 19.2 Å². The number of hydrogen-bond donors (Lipinski definition) is 2. The first-order valence-electron chi connectivity index (χ1n) is 14.5. The second-order valence-electron chi connectivity index (χ2n) is 12.1. The van der Waals surface area contributed by atoms with Gasteiger partial charge in [0, 0.05) is 18.1 Å². The molecule has 230 valence electrons. The van der Waals surface area contributed by atoms with Crippen LogP contribution in [0.4, 0.5) is 4.79 Å². The highest BCUT2D eigenvalue weighted by Gasteiger charge is 2.41. The maximum Gasteiger partial charge on any atom is 0.407 e. The number of aromatic nitrogens is 3. The van der Waals surface area contributed by atoms with Crippen LogP contribution in [-0.2, 0) is 19.7 Å². The van der Waals surface area contributed by atoms with Crippen LogP contribution in [0.3, 0.4) is 0 Å². The highest BCUT2D eigenvalue weighted by Crippen LogP contribution is 2.32. The Morgan fingerprint density at radius 2 is 1.72 bits per heavy atom. The average Bonchev–Trinajstić information content (AvgIpc) is 3.68. The number of carbonyl (C=O) groups excluding carboxylic acids is 4. The Morgan fingerprint density at radius 1 is 1.02 bits per heavy atom. The van der Waals surface area contributed by atoms with E-state index in [2.05, 4.69) is 30.6 Å². The number of hydrogen-bond acceptors (Lipinski definition) is 9. The topological polar surface area (TPSA) is 157 Å². The molecule has 12 nitrogen and oxygen atoms in total. The number of ketones is 1. The van der Waals surface area contributed by atoms with Crippen LogP contribution in [0.2, 0.25) is 0 Å². The van der Waals surface area contributed by atoms with E-state index in [4.69, 9.17) is 4.42 Å². The summed E-state index contributed by atoms with van der Waals surface area (Å²) in [5.41, 5.74) is 0.963. The van der Waals surface area contributed by atoms with Gasteiger partial charge >= 0.3 is 6.09 Å². The van der Waals surface area contributed by atoms with E-state index in [0.717, 1.165) is 16.5 Å². The number of amides is 3. The molecule has 1 fully saturated rings. The predicted octanol–water partition coefficient (Wildman–Crippen LogP) is 3.64. The fourth-order valence-electron chi connectivity index (χ4n) is 5.21. The van der Waals surface area contributed by atoms with Crippen molar-refractivity contribution in [2.75, 3.05) is 13.7 Å². The molecular weight excluding hydrogens is 552 g/mol. The third kappa shape index (κ3) is 6.68. The molecular formula is C31H40N6O6. The molecule has 43 heavy (non-hydrogen) atoms. The van der Waals surface area contributed by atoms with Gasteiger partial charge in [0.2, 0.25) is 23.5 Å². The smallest absolute Gasteiger partial charge is 0.407 e. The van der Waals surface area contributed by atoms with Gasteiger partial charge in [-0.25, -0.2) is 4.79 Å². The number of nitrogens with zero attached hydrogens (tertiary/aromatic N) is 4. The van der Waals surface area contributed by atoms with Gasteiger partial charge in [-0.3, -0.25) is 19.4 Å². The Kier molecular flexibility index (Phi) is 9.46. The molecule has 12 heteroatoms. The Morgan fingerprint density at radius 3 is 2.40 bits per heavy atom. The predicted molar refractivity (Wildman–Crippen MR) is 158 cm³/mol.